The first-order valence-electron chi connectivity index (χ1n) is 7.42. The fraction of sp³-hybridized carbons (Fsp3) is 0.625. The second-order valence-corrected chi connectivity index (χ2v) is 5.42. The molecule has 0 amide bonds. The van der Waals surface area contributed by atoms with Crippen LogP contribution in [0.25, 0.3) is 0 Å². The maximum Gasteiger partial charge on any atom is 0.138 e. The highest BCUT2D eigenvalue weighted by Crippen LogP contribution is 2.26. The van der Waals surface area contributed by atoms with Gasteiger partial charge in [-0.05, 0) is 24.6 Å². The Morgan fingerprint density at radius 1 is 1.00 bits per heavy atom. The first-order chi connectivity index (χ1) is 9.24. The Morgan fingerprint density at radius 3 is 2.26 bits per heavy atom. The first kappa shape index (κ1) is 16.2. The molecule has 0 radical (unpaired) electrons. The molecule has 0 aliphatic heterocycles. The maximum atomic E-state index is 6.04. The Hall–Kier alpha value is -0.890. The van der Waals surface area contributed by atoms with E-state index in [0.29, 0.717) is 10.7 Å². The molecular formula is C16H26ClNO. The molecule has 1 aromatic rings. The van der Waals surface area contributed by atoms with Crippen molar-refractivity contribution in [2.45, 2.75) is 58.3 Å². The SMILES string of the molecule is CCCCCCCCCCOc1ccc(N)cc1Cl. The van der Waals surface area contributed by atoms with Crippen molar-refractivity contribution >= 4 is 17.3 Å². The van der Waals surface area contributed by atoms with Crippen LogP contribution < -0.4 is 10.5 Å². The summed E-state index contributed by atoms with van der Waals surface area (Å²) < 4.78 is 5.65. The molecule has 0 saturated heterocycles. The Balaban J connectivity index is 2.01. The van der Waals surface area contributed by atoms with Crippen LogP contribution in [-0.4, -0.2) is 6.61 Å². The van der Waals surface area contributed by atoms with Crippen LogP contribution in [0.15, 0.2) is 18.2 Å². The van der Waals surface area contributed by atoms with Gasteiger partial charge in [-0.15, -0.1) is 0 Å². The minimum Gasteiger partial charge on any atom is -0.492 e. The Labute approximate surface area is 122 Å². The van der Waals surface area contributed by atoms with Gasteiger partial charge in [0, 0.05) is 5.69 Å². The summed E-state index contributed by atoms with van der Waals surface area (Å²) in [6.45, 7) is 2.98. The van der Waals surface area contributed by atoms with Gasteiger partial charge < -0.3 is 10.5 Å². The number of rotatable bonds is 10. The van der Waals surface area contributed by atoms with E-state index in [9.17, 15) is 0 Å². The van der Waals surface area contributed by atoms with Crippen molar-refractivity contribution in [3.05, 3.63) is 23.2 Å². The first-order valence-corrected chi connectivity index (χ1v) is 7.79. The van der Waals surface area contributed by atoms with Crippen LogP contribution in [0.5, 0.6) is 5.75 Å². The molecule has 2 N–H and O–H groups in total. The number of hydrogen-bond acceptors (Lipinski definition) is 2. The monoisotopic (exact) mass is 283 g/mol. The molecule has 0 atom stereocenters. The van der Waals surface area contributed by atoms with Crippen molar-refractivity contribution in [2.24, 2.45) is 0 Å². The highest BCUT2D eigenvalue weighted by atomic mass is 35.5. The molecule has 0 heterocycles. The predicted octanol–water partition coefficient (Wildman–Crippen LogP) is 5.44. The van der Waals surface area contributed by atoms with E-state index < -0.39 is 0 Å². The number of unbranched alkanes of at least 4 members (excludes halogenated alkanes) is 7. The second kappa shape index (κ2) is 9.96. The number of nitrogens with two attached hydrogens (primary N) is 1. The lowest BCUT2D eigenvalue weighted by Crippen LogP contribution is -1.98. The normalized spacial score (nSPS) is 10.6. The fourth-order valence-electron chi connectivity index (χ4n) is 2.05. The molecule has 1 aromatic carbocycles. The quantitative estimate of drug-likeness (QED) is 0.458. The Bertz CT molecular complexity index is 355. The van der Waals surface area contributed by atoms with Crippen molar-refractivity contribution in [1.82, 2.24) is 0 Å². The van der Waals surface area contributed by atoms with E-state index in [1.807, 2.05) is 12.1 Å². The van der Waals surface area contributed by atoms with Crippen LogP contribution in [0.2, 0.25) is 5.02 Å². The van der Waals surface area contributed by atoms with E-state index in [2.05, 4.69) is 6.92 Å². The molecule has 3 heteroatoms. The third-order valence-corrected chi connectivity index (χ3v) is 3.51. The zero-order chi connectivity index (χ0) is 13.9. The molecule has 1 rings (SSSR count). The Morgan fingerprint density at radius 2 is 1.63 bits per heavy atom. The smallest absolute Gasteiger partial charge is 0.138 e. The Kier molecular flexibility index (Phi) is 8.48. The van der Waals surface area contributed by atoms with Gasteiger partial charge in [0.1, 0.15) is 5.75 Å². The average Bonchev–Trinajstić information content (AvgIpc) is 2.39. The van der Waals surface area contributed by atoms with Gasteiger partial charge in [-0.2, -0.15) is 0 Å². The molecule has 0 aliphatic carbocycles. The van der Waals surface area contributed by atoms with Gasteiger partial charge in [0.25, 0.3) is 0 Å². The number of anilines is 1. The van der Waals surface area contributed by atoms with Crippen LogP contribution in [-0.2, 0) is 0 Å². The summed E-state index contributed by atoms with van der Waals surface area (Å²) in [5.41, 5.74) is 6.30. The summed E-state index contributed by atoms with van der Waals surface area (Å²) in [6, 6.07) is 5.38. The number of halogens is 1. The lowest BCUT2D eigenvalue weighted by Gasteiger charge is -2.08. The van der Waals surface area contributed by atoms with Gasteiger partial charge >= 0.3 is 0 Å². The van der Waals surface area contributed by atoms with E-state index in [1.165, 1.54) is 44.9 Å². The van der Waals surface area contributed by atoms with Crippen molar-refractivity contribution in [3.8, 4) is 5.75 Å². The van der Waals surface area contributed by atoms with Crippen LogP contribution in [0.1, 0.15) is 58.3 Å². The number of nitrogen functional groups attached to an aromatic ring is 1. The van der Waals surface area contributed by atoms with Gasteiger partial charge in [-0.25, -0.2) is 0 Å². The molecule has 2 nitrogen and oxygen atoms in total. The standard InChI is InChI=1S/C16H26ClNO/c1-2-3-4-5-6-7-8-9-12-19-16-11-10-14(18)13-15(16)17/h10-11,13H,2-9,12,18H2,1H3. The third kappa shape index (κ3) is 7.31. The molecule has 19 heavy (non-hydrogen) atoms. The van der Waals surface area contributed by atoms with Crippen molar-refractivity contribution < 1.29 is 4.74 Å². The molecule has 108 valence electrons. The molecular weight excluding hydrogens is 258 g/mol. The van der Waals surface area contributed by atoms with Crippen molar-refractivity contribution in [1.29, 1.82) is 0 Å². The fourth-order valence-corrected chi connectivity index (χ4v) is 2.30. The number of ether oxygens (including phenoxy) is 1. The summed E-state index contributed by atoms with van der Waals surface area (Å²) in [7, 11) is 0. The predicted molar refractivity (Wildman–Crippen MR) is 84.0 cm³/mol. The molecule has 0 aromatic heterocycles. The molecule has 0 saturated carbocycles. The van der Waals surface area contributed by atoms with Crippen LogP contribution in [0.3, 0.4) is 0 Å². The molecule has 0 fully saturated rings. The van der Waals surface area contributed by atoms with E-state index in [0.717, 1.165) is 18.8 Å². The summed E-state index contributed by atoms with van der Waals surface area (Å²) in [5, 5.41) is 0.597. The highest BCUT2D eigenvalue weighted by Gasteiger charge is 2.01. The third-order valence-electron chi connectivity index (χ3n) is 3.21. The number of benzene rings is 1. The molecule has 0 aliphatic rings. The van der Waals surface area contributed by atoms with E-state index in [-0.39, 0.29) is 0 Å². The second-order valence-electron chi connectivity index (χ2n) is 5.01. The zero-order valence-corrected chi connectivity index (χ0v) is 12.7. The lowest BCUT2D eigenvalue weighted by molar-refractivity contribution is 0.304. The van der Waals surface area contributed by atoms with Crippen LogP contribution >= 0.6 is 11.6 Å². The summed E-state index contributed by atoms with van der Waals surface area (Å²) in [4.78, 5) is 0. The van der Waals surface area contributed by atoms with E-state index >= 15 is 0 Å². The van der Waals surface area contributed by atoms with Crippen LogP contribution in [0.4, 0.5) is 5.69 Å². The van der Waals surface area contributed by atoms with Gasteiger partial charge in [-0.3, -0.25) is 0 Å². The van der Waals surface area contributed by atoms with E-state index in [4.69, 9.17) is 22.1 Å². The van der Waals surface area contributed by atoms with Gasteiger partial charge in [-0.1, -0.05) is 63.5 Å². The largest absolute Gasteiger partial charge is 0.492 e. The van der Waals surface area contributed by atoms with Gasteiger partial charge in [0.2, 0.25) is 0 Å². The summed E-state index contributed by atoms with van der Waals surface area (Å²) >= 11 is 6.04. The molecule has 0 spiro atoms. The van der Waals surface area contributed by atoms with Crippen molar-refractivity contribution in [2.75, 3.05) is 12.3 Å². The van der Waals surface area contributed by atoms with Gasteiger partial charge in [0.05, 0.1) is 11.6 Å². The molecule has 0 bridgehead atoms. The van der Waals surface area contributed by atoms with Crippen molar-refractivity contribution in [3.63, 3.8) is 0 Å². The maximum absolute atomic E-state index is 6.04. The summed E-state index contributed by atoms with van der Waals surface area (Å²) in [6.07, 6.45) is 10.4. The lowest BCUT2D eigenvalue weighted by atomic mass is 10.1. The van der Waals surface area contributed by atoms with Crippen LogP contribution in [0, 0.1) is 0 Å². The number of hydrogen-bond donors (Lipinski definition) is 1. The highest BCUT2D eigenvalue weighted by molar-refractivity contribution is 6.32. The van der Waals surface area contributed by atoms with Gasteiger partial charge in [0.15, 0.2) is 0 Å². The molecule has 0 unspecified atom stereocenters. The minimum atomic E-state index is 0.597. The average molecular weight is 284 g/mol. The zero-order valence-electron chi connectivity index (χ0n) is 12.0. The summed E-state index contributed by atoms with van der Waals surface area (Å²) in [5.74, 6) is 0.735. The minimum absolute atomic E-state index is 0.597. The van der Waals surface area contributed by atoms with E-state index in [1.54, 1.807) is 6.07 Å². The topological polar surface area (TPSA) is 35.2 Å².